The van der Waals surface area contributed by atoms with Crippen LogP contribution in [0.15, 0.2) is 0 Å². The van der Waals surface area contributed by atoms with Crippen LogP contribution in [0, 0.1) is 11.3 Å². The Hall–Kier alpha value is -0.0400. The van der Waals surface area contributed by atoms with E-state index >= 15 is 0 Å². The molecule has 2 N–H and O–H groups in total. The summed E-state index contributed by atoms with van der Waals surface area (Å²) in [7, 11) is 0. The van der Waals surface area contributed by atoms with E-state index < -0.39 is 0 Å². The first-order valence-electron chi connectivity index (χ1n) is 4.99. The van der Waals surface area contributed by atoms with Gasteiger partial charge in [-0.1, -0.05) is 20.3 Å². The molecule has 0 aromatic carbocycles. The first-order chi connectivity index (χ1) is 5.29. The van der Waals surface area contributed by atoms with Gasteiger partial charge < -0.3 is 5.73 Å². The molecule has 0 radical (unpaired) electrons. The molecule has 0 amide bonds. The van der Waals surface area contributed by atoms with Crippen LogP contribution in [0.1, 0.15) is 46.0 Å². The smallest absolute Gasteiger partial charge is 0.00181 e. The molecule has 1 aliphatic rings. The molecule has 0 aromatic rings. The van der Waals surface area contributed by atoms with E-state index in [0.717, 1.165) is 12.5 Å². The summed E-state index contributed by atoms with van der Waals surface area (Å²) >= 11 is 0. The van der Waals surface area contributed by atoms with Gasteiger partial charge in [0.2, 0.25) is 0 Å². The van der Waals surface area contributed by atoms with Crippen molar-refractivity contribution in [3.8, 4) is 0 Å². The van der Waals surface area contributed by atoms with Gasteiger partial charge in [-0.15, -0.1) is 0 Å². The topological polar surface area (TPSA) is 26.0 Å². The minimum atomic E-state index is 0.498. The zero-order valence-corrected chi connectivity index (χ0v) is 7.90. The highest BCUT2D eigenvalue weighted by Crippen LogP contribution is 2.45. The van der Waals surface area contributed by atoms with E-state index in [2.05, 4.69) is 13.8 Å². The first-order valence-corrected chi connectivity index (χ1v) is 4.99. The third kappa shape index (κ3) is 1.44. The second-order valence-electron chi connectivity index (χ2n) is 3.90. The summed E-state index contributed by atoms with van der Waals surface area (Å²) in [6, 6.07) is 0. The fourth-order valence-corrected chi connectivity index (χ4v) is 2.30. The summed E-state index contributed by atoms with van der Waals surface area (Å²) in [6.45, 7) is 5.47. The lowest BCUT2D eigenvalue weighted by atomic mass is 9.62. The molecule has 66 valence electrons. The Kier molecular flexibility index (Phi) is 2.94. The lowest BCUT2D eigenvalue weighted by Gasteiger charge is -2.44. The summed E-state index contributed by atoms with van der Waals surface area (Å²) in [6.07, 6.45) is 6.83. The highest BCUT2D eigenvalue weighted by molar-refractivity contribution is 4.89. The Labute approximate surface area is 70.4 Å². The molecule has 0 saturated heterocycles. The quantitative estimate of drug-likeness (QED) is 0.663. The van der Waals surface area contributed by atoms with Gasteiger partial charge in [0.25, 0.3) is 0 Å². The predicted octanol–water partition coefficient (Wildman–Crippen LogP) is 2.55. The number of nitrogens with two attached hydrogens (primary N) is 1. The van der Waals surface area contributed by atoms with Crippen molar-refractivity contribution in [1.29, 1.82) is 0 Å². The molecule has 1 rings (SSSR count). The minimum absolute atomic E-state index is 0.498. The van der Waals surface area contributed by atoms with Crippen molar-refractivity contribution in [3.05, 3.63) is 0 Å². The van der Waals surface area contributed by atoms with Gasteiger partial charge in [-0.25, -0.2) is 0 Å². The maximum Gasteiger partial charge on any atom is -0.00181 e. The average Bonchev–Trinajstić information content (AvgIpc) is 1.97. The summed E-state index contributed by atoms with van der Waals surface area (Å²) in [5.74, 6) is 0.947. The zero-order chi connectivity index (χ0) is 8.32. The van der Waals surface area contributed by atoms with Crippen LogP contribution in [-0.2, 0) is 0 Å². The zero-order valence-electron chi connectivity index (χ0n) is 7.90. The largest absolute Gasteiger partial charge is 0.330 e. The Morgan fingerprint density at radius 1 is 1.27 bits per heavy atom. The summed E-state index contributed by atoms with van der Waals surface area (Å²) in [5.41, 5.74) is 6.34. The van der Waals surface area contributed by atoms with Gasteiger partial charge in [0.1, 0.15) is 0 Å². The predicted molar refractivity (Wildman–Crippen MR) is 49.4 cm³/mol. The van der Waals surface area contributed by atoms with Crippen molar-refractivity contribution in [2.75, 3.05) is 6.54 Å². The van der Waals surface area contributed by atoms with Gasteiger partial charge in [0, 0.05) is 0 Å². The number of rotatable bonds is 4. The Bertz CT molecular complexity index is 104. The fraction of sp³-hybridized carbons (Fsp3) is 1.00. The van der Waals surface area contributed by atoms with Gasteiger partial charge in [-0.05, 0) is 43.6 Å². The van der Waals surface area contributed by atoms with Crippen molar-refractivity contribution in [2.45, 2.75) is 46.0 Å². The van der Waals surface area contributed by atoms with Crippen molar-refractivity contribution < 1.29 is 0 Å². The van der Waals surface area contributed by atoms with Crippen LogP contribution in [0.5, 0.6) is 0 Å². The second kappa shape index (κ2) is 3.57. The van der Waals surface area contributed by atoms with Crippen LogP contribution >= 0.6 is 0 Å². The number of hydrogen-bond acceptors (Lipinski definition) is 1. The molecule has 0 atom stereocenters. The van der Waals surface area contributed by atoms with Gasteiger partial charge in [-0.3, -0.25) is 0 Å². The van der Waals surface area contributed by atoms with E-state index in [1.54, 1.807) is 0 Å². The van der Waals surface area contributed by atoms with Gasteiger partial charge in [0.05, 0.1) is 0 Å². The molecule has 1 saturated carbocycles. The molecule has 1 nitrogen and oxygen atoms in total. The third-order valence-corrected chi connectivity index (χ3v) is 3.79. The van der Waals surface area contributed by atoms with E-state index in [1.807, 2.05) is 0 Å². The van der Waals surface area contributed by atoms with Gasteiger partial charge >= 0.3 is 0 Å². The van der Waals surface area contributed by atoms with Crippen LogP contribution in [0.25, 0.3) is 0 Å². The lowest BCUT2D eigenvalue weighted by Crippen LogP contribution is -2.40. The van der Waals surface area contributed by atoms with Crippen molar-refractivity contribution in [3.63, 3.8) is 0 Å². The van der Waals surface area contributed by atoms with Gasteiger partial charge in [-0.2, -0.15) is 0 Å². The molecule has 0 bridgehead atoms. The molecule has 1 heteroatoms. The molecular weight excluding hydrogens is 134 g/mol. The average molecular weight is 155 g/mol. The number of hydrogen-bond donors (Lipinski definition) is 1. The third-order valence-electron chi connectivity index (χ3n) is 3.79. The van der Waals surface area contributed by atoms with Crippen LogP contribution in [0.2, 0.25) is 0 Å². The van der Waals surface area contributed by atoms with Gasteiger partial charge in [0.15, 0.2) is 0 Å². The van der Waals surface area contributed by atoms with Crippen molar-refractivity contribution >= 4 is 0 Å². The molecular formula is C10H21N. The maximum absolute atomic E-state index is 5.84. The Morgan fingerprint density at radius 3 is 1.91 bits per heavy atom. The molecule has 0 heterocycles. The molecule has 1 aliphatic carbocycles. The van der Waals surface area contributed by atoms with Crippen molar-refractivity contribution in [1.82, 2.24) is 0 Å². The van der Waals surface area contributed by atoms with E-state index in [1.165, 1.54) is 32.1 Å². The fourth-order valence-electron chi connectivity index (χ4n) is 2.30. The maximum atomic E-state index is 5.84. The van der Waals surface area contributed by atoms with Crippen LogP contribution in [-0.4, -0.2) is 6.54 Å². The van der Waals surface area contributed by atoms with Crippen molar-refractivity contribution in [2.24, 2.45) is 17.1 Å². The lowest BCUT2D eigenvalue weighted by molar-refractivity contribution is 0.0809. The second-order valence-corrected chi connectivity index (χ2v) is 3.90. The summed E-state index contributed by atoms with van der Waals surface area (Å²) in [5, 5.41) is 0. The minimum Gasteiger partial charge on any atom is -0.330 e. The van der Waals surface area contributed by atoms with E-state index in [9.17, 15) is 0 Å². The van der Waals surface area contributed by atoms with Crippen LogP contribution in [0.4, 0.5) is 0 Å². The normalized spacial score (nSPS) is 19.9. The first kappa shape index (κ1) is 9.05. The monoisotopic (exact) mass is 155 g/mol. The molecule has 0 spiro atoms. The Morgan fingerprint density at radius 2 is 1.82 bits per heavy atom. The molecule has 0 aliphatic heterocycles. The van der Waals surface area contributed by atoms with E-state index in [0.29, 0.717) is 5.41 Å². The summed E-state index contributed by atoms with van der Waals surface area (Å²) < 4.78 is 0. The molecule has 11 heavy (non-hydrogen) atoms. The highest BCUT2D eigenvalue weighted by atomic mass is 14.6. The summed E-state index contributed by atoms with van der Waals surface area (Å²) in [4.78, 5) is 0. The standard InChI is InChI=1S/C10H21N/c1-3-10(4-2,8-11)9-6-5-7-9/h9H,3-8,11H2,1-2H3. The highest BCUT2D eigenvalue weighted by Gasteiger charge is 2.37. The molecule has 0 aromatic heterocycles. The van der Waals surface area contributed by atoms with Crippen LogP contribution in [0.3, 0.4) is 0 Å². The van der Waals surface area contributed by atoms with Crippen LogP contribution < -0.4 is 5.73 Å². The SMILES string of the molecule is CCC(CC)(CN)C1CCC1. The molecule has 1 fully saturated rings. The van der Waals surface area contributed by atoms with E-state index in [-0.39, 0.29) is 0 Å². The Balaban J connectivity index is 2.54. The molecule has 0 unspecified atom stereocenters. The van der Waals surface area contributed by atoms with E-state index in [4.69, 9.17) is 5.73 Å².